The largest absolute Gasteiger partial charge is 0.508 e. The van der Waals surface area contributed by atoms with Crippen molar-refractivity contribution in [3.05, 3.63) is 29.8 Å². The van der Waals surface area contributed by atoms with E-state index in [-0.39, 0.29) is 0 Å². The van der Waals surface area contributed by atoms with E-state index in [1.165, 1.54) is 5.56 Å². The molecule has 0 aliphatic carbocycles. The maximum absolute atomic E-state index is 9.22. The van der Waals surface area contributed by atoms with E-state index in [4.69, 9.17) is 8.85 Å². The average Bonchev–Trinajstić information content (AvgIpc) is 2.35. The van der Waals surface area contributed by atoms with E-state index in [0.717, 1.165) is 32.1 Å². The predicted molar refractivity (Wildman–Crippen MR) is 71.4 cm³/mol. The molecule has 1 rings (SSSR count). The summed E-state index contributed by atoms with van der Waals surface area (Å²) in [5, 5.41) is 9.22. The lowest BCUT2D eigenvalue weighted by atomic mass is 10.2. The number of phenols is 1. The number of hydrogen-bond donors (Lipinski definition) is 1. The highest BCUT2D eigenvalue weighted by molar-refractivity contribution is 6.43. The van der Waals surface area contributed by atoms with Crippen LogP contribution >= 0.6 is 0 Å². The Morgan fingerprint density at radius 1 is 1.00 bits per heavy atom. The van der Waals surface area contributed by atoms with Crippen LogP contribution in [-0.4, -0.2) is 27.6 Å². The molecule has 0 aliphatic rings. The minimum atomic E-state index is -1.59. The third-order valence-electron chi connectivity index (χ3n) is 2.35. The maximum Gasteiger partial charge on any atom is 0.325 e. The molecule has 17 heavy (non-hydrogen) atoms. The molecule has 96 valence electrons. The fourth-order valence-corrected chi connectivity index (χ4v) is 3.48. The SMILES string of the molecule is CCCO[SiH](Cc1ccc(O)cc1)OCCC. The first kappa shape index (κ1) is 14.2. The molecule has 0 atom stereocenters. The number of benzene rings is 1. The summed E-state index contributed by atoms with van der Waals surface area (Å²) in [5.74, 6) is 0.302. The summed E-state index contributed by atoms with van der Waals surface area (Å²) >= 11 is 0. The molecule has 4 heteroatoms. The van der Waals surface area contributed by atoms with Crippen molar-refractivity contribution in [3.63, 3.8) is 0 Å². The monoisotopic (exact) mass is 254 g/mol. The summed E-state index contributed by atoms with van der Waals surface area (Å²) < 4.78 is 11.6. The topological polar surface area (TPSA) is 38.7 Å². The number of rotatable bonds is 8. The Morgan fingerprint density at radius 2 is 1.53 bits per heavy atom. The number of phenolic OH excluding ortho intramolecular Hbond substituents is 1. The number of hydrogen-bond acceptors (Lipinski definition) is 3. The summed E-state index contributed by atoms with van der Waals surface area (Å²) in [6, 6.07) is 8.14. The van der Waals surface area contributed by atoms with Gasteiger partial charge in [-0.3, -0.25) is 0 Å². The van der Waals surface area contributed by atoms with E-state index in [9.17, 15) is 5.11 Å². The summed E-state index contributed by atoms with van der Waals surface area (Å²) in [4.78, 5) is 0. The third kappa shape index (κ3) is 5.86. The quantitative estimate of drug-likeness (QED) is 0.725. The molecule has 3 nitrogen and oxygen atoms in total. The lowest BCUT2D eigenvalue weighted by Crippen LogP contribution is -2.27. The fourth-order valence-electron chi connectivity index (χ4n) is 1.49. The van der Waals surface area contributed by atoms with Crippen molar-refractivity contribution in [2.75, 3.05) is 13.2 Å². The fraction of sp³-hybridized carbons (Fsp3) is 0.538. The Labute approximate surface area is 105 Å². The molecule has 0 amide bonds. The van der Waals surface area contributed by atoms with Gasteiger partial charge in [0.05, 0.1) is 0 Å². The van der Waals surface area contributed by atoms with Crippen LogP contribution in [0.3, 0.4) is 0 Å². The molecule has 0 radical (unpaired) electrons. The Hall–Kier alpha value is -0.843. The summed E-state index contributed by atoms with van der Waals surface area (Å²) in [5.41, 5.74) is 1.17. The molecule has 1 aromatic rings. The average molecular weight is 254 g/mol. The first-order valence-corrected chi connectivity index (χ1v) is 8.03. The van der Waals surface area contributed by atoms with Crippen molar-refractivity contribution in [1.82, 2.24) is 0 Å². The van der Waals surface area contributed by atoms with Crippen LogP contribution in [0.4, 0.5) is 0 Å². The van der Waals surface area contributed by atoms with E-state index in [1.807, 2.05) is 12.1 Å². The third-order valence-corrected chi connectivity index (χ3v) is 4.37. The van der Waals surface area contributed by atoms with Crippen LogP contribution in [-0.2, 0) is 14.9 Å². The van der Waals surface area contributed by atoms with Gasteiger partial charge in [-0.15, -0.1) is 0 Å². The van der Waals surface area contributed by atoms with Crippen LogP contribution in [0.25, 0.3) is 0 Å². The van der Waals surface area contributed by atoms with Gasteiger partial charge in [0.2, 0.25) is 0 Å². The molecule has 0 aromatic heterocycles. The Balaban J connectivity index is 2.48. The van der Waals surface area contributed by atoms with E-state index < -0.39 is 9.28 Å². The first-order valence-electron chi connectivity index (χ1n) is 6.27. The zero-order valence-corrected chi connectivity index (χ0v) is 11.8. The first-order chi connectivity index (χ1) is 8.26. The maximum atomic E-state index is 9.22. The van der Waals surface area contributed by atoms with Gasteiger partial charge < -0.3 is 14.0 Å². The standard InChI is InChI=1S/C13H22O3Si/c1-3-9-15-17(16-10-4-2)11-12-5-7-13(14)8-6-12/h5-8,14,17H,3-4,9-11H2,1-2H3. The lowest BCUT2D eigenvalue weighted by Gasteiger charge is -2.16. The molecule has 0 fully saturated rings. The highest BCUT2D eigenvalue weighted by Gasteiger charge is 2.13. The van der Waals surface area contributed by atoms with Gasteiger partial charge in [0.25, 0.3) is 0 Å². The lowest BCUT2D eigenvalue weighted by molar-refractivity contribution is 0.196. The molecular weight excluding hydrogens is 232 g/mol. The Bertz CT molecular complexity index is 292. The van der Waals surface area contributed by atoms with Crippen molar-refractivity contribution < 1.29 is 14.0 Å². The highest BCUT2D eigenvalue weighted by Crippen LogP contribution is 2.12. The molecule has 0 bridgehead atoms. The van der Waals surface area contributed by atoms with Gasteiger partial charge in [0.15, 0.2) is 0 Å². The predicted octanol–water partition coefficient (Wildman–Crippen LogP) is 2.55. The van der Waals surface area contributed by atoms with Crippen LogP contribution in [0.15, 0.2) is 24.3 Å². The molecule has 1 aromatic carbocycles. The van der Waals surface area contributed by atoms with E-state index in [0.29, 0.717) is 5.75 Å². The van der Waals surface area contributed by atoms with Crippen LogP contribution in [0.1, 0.15) is 32.3 Å². The summed E-state index contributed by atoms with van der Waals surface area (Å²) in [6.07, 6.45) is 2.04. The van der Waals surface area contributed by atoms with Gasteiger partial charge in [-0.05, 0) is 30.5 Å². The van der Waals surface area contributed by atoms with Gasteiger partial charge in [0.1, 0.15) is 5.75 Å². The van der Waals surface area contributed by atoms with Crippen LogP contribution in [0.2, 0.25) is 0 Å². The van der Waals surface area contributed by atoms with Crippen LogP contribution in [0, 0.1) is 0 Å². The zero-order valence-electron chi connectivity index (χ0n) is 10.7. The minimum absolute atomic E-state index is 0.302. The molecule has 0 heterocycles. The zero-order chi connectivity index (χ0) is 12.5. The molecule has 0 spiro atoms. The molecular formula is C13H22O3Si. The highest BCUT2D eigenvalue weighted by atomic mass is 28.3. The van der Waals surface area contributed by atoms with Crippen molar-refractivity contribution in [2.24, 2.45) is 0 Å². The second kappa shape index (κ2) is 8.28. The molecule has 0 saturated heterocycles. The van der Waals surface area contributed by atoms with Gasteiger partial charge in [-0.25, -0.2) is 0 Å². The van der Waals surface area contributed by atoms with E-state index in [1.54, 1.807) is 12.1 Å². The Morgan fingerprint density at radius 3 is 2.00 bits per heavy atom. The molecule has 0 unspecified atom stereocenters. The molecule has 0 saturated carbocycles. The van der Waals surface area contributed by atoms with Gasteiger partial charge in [-0.2, -0.15) is 0 Å². The van der Waals surface area contributed by atoms with Gasteiger partial charge >= 0.3 is 9.28 Å². The van der Waals surface area contributed by atoms with Crippen LogP contribution in [0.5, 0.6) is 5.75 Å². The second-order valence-corrected chi connectivity index (χ2v) is 5.98. The minimum Gasteiger partial charge on any atom is -0.508 e. The normalized spacial score (nSPS) is 11.0. The van der Waals surface area contributed by atoms with Crippen molar-refractivity contribution >= 4 is 9.28 Å². The van der Waals surface area contributed by atoms with Gasteiger partial charge in [-0.1, -0.05) is 26.0 Å². The van der Waals surface area contributed by atoms with E-state index in [2.05, 4.69) is 13.8 Å². The number of aromatic hydroxyl groups is 1. The smallest absolute Gasteiger partial charge is 0.325 e. The van der Waals surface area contributed by atoms with Crippen molar-refractivity contribution in [2.45, 2.75) is 32.7 Å². The van der Waals surface area contributed by atoms with Gasteiger partial charge in [0, 0.05) is 19.3 Å². The molecule has 1 N–H and O–H groups in total. The van der Waals surface area contributed by atoms with E-state index >= 15 is 0 Å². The van der Waals surface area contributed by atoms with Crippen molar-refractivity contribution in [3.8, 4) is 5.75 Å². The summed E-state index contributed by atoms with van der Waals surface area (Å²) in [6.45, 7) is 5.76. The second-order valence-electron chi connectivity index (χ2n) is 4.04. The van der Waals surface area contributed by atoms with Crippen LogP contribution < -0.4 is 0 Å². The Kier molecular flexibility index (Phi) is 6.92. The summed E-state index contributed by atoms with van der Waals surface area (Å²) in [7, 11) is -1.59. The van der Waals surface area contributed by atoms with Crippen molar-refractivity contribution in [1.29, 1.82) is 0 Å². The molecule has 0 aliphatic heterocycles.